The first-order valence-electron chi connectivity index (χ1n) is 7.79. The highest BCUT2D eigenvalue weighted by atomic mass is 35.5. The van der Waals surface area contributed by atoms with Gasteiger partial charge in [0.2, 0.25) is 5.91 Å². The standard InChI is InChI=1S/C17H23ClN2O/c1-17(2)10-11-6-7-12(18)9-13(11)15(17)20-14-5-3-4-8-19-16(14)21/h6-7,9,14-15,20H,3-5,8,10H2,1-2H3,(H,19,21). The lowest BCUT2D eigenvalue weighted by Crippen LogP contribution is -2.46. The Bertz CT molecular complexity index is 556. The molecule has 0 radical (unpaired) electrons. The largest absolute Gasteiger partial charge is 0.355 e. The van der Waals surface area contributed by atoms with Crippen LogP contribution in [0.3, 0.4) is 0 Å². The zero-order valence-corrected chi connectivity index (χ0v) is 13.5. The van der Waals surface area contributed by atoms with E-state index < -0.39 is 0 Å². The second kappa shape index (κ2) is 5.62. The minimum Gasteiger partial charge on any atom is -0.355 e. The highest BCUT2D eigenvalue weighted by Gasteiger charge is 2.40. The third-order valence-corrected chi connectivity index (χ3v) is 4.98. The molecule has 1 aliphatic heterocycles. The molecule has 0 aromatic heterocycles. The van der Waals surface area contributed by atoms with Crippen molar-refractivity contribution in [2.24, 2.45) is 5.41 Å². The first kappa shape index (κ1) is 14.9. The lowest BCUT2D eigenvalue weighted by atomic mass is 9.84. The van der Waals surface area contributed by atoms with Gasteiger partial charge in [0.05, 0.1) is 6.04 Å². The van der Waals surface area contributed by atoms with E-state index in [1.54, 1.807) is 0 Å². The number of hydrogen-bond acceptors (Lipinski definition) is 2. The van der Waals surface area contributed by atoms with E-state index in [-0.39, 0.29) is 23.4 Å². The lowest BCUT2D eigenvalue weighted by molar-refractivity contribution is -0.123. The summed E-state index contributed by atoms with van der Waals surface area (Å²) in [7, 11) is 0. The van der Waals surface area contributed by atoms with Crippen molar-refractivity contribution in [1.29, 1.82) is 0 Å². The molecule has 3 rings (SSSR count). The van der Waals surface area contributed by atoms with Crippen LogP contribution in [0.4, 0.5) is 0 Å². The van der Waals surface area contributed by atoms with Crippen molar-refractivity contribution < 1.29 is 4.79 Å². The highest BCUT2D eigenvalue weighted by molar-refractivity contribution is 6.30. The zero-order valence-electron chi connectivity index (χ0n) is 12.7. The fraction of sp³-hybridized carbons (Fsp3) is 0.588. The van der Waals surface area contributed by atoms with Crippen molar-refractivity contribution >= 4 is 17.5 Å². The van der Waals surface area contributed by atoms with Crippen LogP contribution in [-0.4, -0.2) is 18.5 Å². The highest BCUT2D eigenvalue weighted by Crippen LogP contribution is 2.46. The summed E-state index contributed by atoms with van der Waals surface area (Å²) in [6.45, 7) is 5.31. The van der Waals surface area contributed by atoms with E-state index in [1.165, 1.54) is 11.1 Å². The van der Waals surface area contributed by atoms with Crippen molar-refractivity contribution in [1.82, 2.24) is 10.6 Å². The number of carbonyl (C=O) groups excluding carboxylic acids is 1. The number of carbonyl (C=O) groups is 1. The fourth-order valence-corrected chi connectivity index (χ4v) is 3.80. The Morgan fingerprint density at radius 1 is 1.33 bits per heavy atom. The zero-order chi connectivity index (χ0) is 15.0. The van der Waals surface area contributed by atoms with Gasteiger partial charge in [0, 0.05) is 17.6 Å². The Kier molecular flexibility index (Phi) is 3.98. The summed E-state index contributed by atoms with van der Waals surface area (Å²) in [5.74, 6) is 0.138. The molecule has 1 heterocycles. The Hall–Kier alpha value is -1.06. The Labute approximate surface area is 131 Å². The summed E-state index contributed by atoms with van der Waals surface area (Å²) < 4.78 is 0. The van der Waals surface area contributed by atoms with Crippen molar-refractivity contribution in [3.63, 3.8) is 0 Å². The van der Waals surface area contributed by atoms with Crippen LogP contribution in [0.1, 0.15) is 50.3 Å². The maximum Gasteiger partial charge on any atom is 0.237 e. The van der Waals surface area contributed by atoms with Crippen LogP contribution in [0, 0.1) is 5.41 Å². The number of amides is 1. The molecule has 2 atom stereocenters. The van der Waals surface area contributed by atoms with Crippen LogP contribution >= 0.6 is 11.6 Å². The van der Waals surface area contributed by atoms with E-state index in [1.807, 2.05) is 6.07 Å². The van der Waals surface area contributed by atoms with Crippen LogP contribution in [-0.2, 0) is 11.2 Å². The molecule has 1 saturated heterocycles. The van der Waals surface area contributed by atoms with E-state index in [2.05, 4.69) is 36.6 Å². The molecule has 0 saturated carbocycles. The van der Waals surface area contributed by atoms with Crippen molar-refractivity contribution in [2.45, 2.75) is 51.6 Å². The quantitative estimate of drug-likeness (QED) is 0.881. The maximum absolute atomic E-state index is 12.2. The van der Waals surface area contributed by atoms with Crippen molar-refractivity contribution in [2.75, 3.05) is 6.54 Å². The molecule has 2 aliphatic rings. The average molecular weight is 307 g/mol. The van der Waals surface area contributed by atoms with Crippen LogP contribution in [0.25, 0.3) is 0 Å². The predicted octanol–water partition coefficient (Wildman–Crippen LogP) is 3.22. The molecule has 4 heteroatoms. The topological polar surface area (TPSA) is 41.1 Å². The number of hydrogen-bond donors (Lipinski definition) is 2. The number of fused-ring (bicyclic) bond motifs is 1. The van der Waals surface area contributed by atoms with Gasteiger partial charge in [-0.3, -0.25) is 10.1 Å². The van der Waals surface area contributed by atoms with Crippen molar-refractivity contribution in [3.8, 4) is 0 Å². The van der Waals surface area contributed by atoms with Crippen LogP contribution in [0.15, 0.2) is 18.2 Å². The minimum atomic E-state index is -0.0956. The molecule has 1 fully saturated rings. The Morgan fingerprint density at radius 3 is 2.95 bits per heavy atom. The fourth-order valence-electron chi connectivity index (χ4n) is 3.62. The van der Waals surface area contributed by atoms with Gasteiger partial charge in [-0.2, -0.15) is 0 Å². The van der Waals surface area contributed by atoms with Gasteiger partial charge >= 0.3 is 0 Å². The molecular formula is C17H23ClN2O. The molecule has 1 aromatic carbocycles. The van der Waals surface area contributed by atoms with Crippen molar-refractivity contribution in [3.05, 3.63) is 34.3 Å². The van der Waals surface area contributed by atoms with E-state index in [0.717, 1.165) is 37.3 Å². The third kappa shape index (κ3) is 2.95. The molecule has 0 bridgehead atoms. The summed E-state index contributed by atoms with van der Waals surface area (Å²) in [5, 5.41) is 7.38. The van der Waals surface area contributed by atoms with E-state index in [0.29, 0.717) is 0 Å². The monoisotopic (exact) mass is 306 g/mol. The van der Waals surface area contributed by atoms with Gasteiger partial charge in [-0.05, 0) is 54.4 Å². The molecule has 1 amide bonds. The number of nitrogens with one attached hydrogen (secondary N) is 2. The third-order valence-electron chi connectivity index (χ3n) is 4.75. The Balaban J connectivity index is 1.86. The van der Waals surface area contributed by atoms with Gasteiger partial charge < -0.3 is 5.32 Å². The summed E-state index contributed by atoms with van der Waals surface area (Å²) in [4.78, 5) is 12.2. The minimum absolute atomic E-state index is 0.0956. The van der Waals surface area contributed by atoms with Gasteiger partial charge in [0.25, 0.3) is 0 Å². The number of rotatable bonds is 2. The van der Waals surface area contributed by atoms with Gasteiger partial charge in [0.1, 0.15) is 0 Å². The van der Waals surface area contributed by atoms with Crippen LogP contribution in [0.2, 0.25) is 5.02 Å². The molecule has 1 aliphatic carbocycles. The van der Waals surface area contributed by atoms with Crippen LogP contribution in [0.5, 0.6) is 0 Å². The smallest absolute Gasteiger partial charge is 0.237 e. The maximum atomic E-state index is 12.2. The van der Waals surface area contributed by atoms with Gasteiger partial charge in [-0.25, -0.2) is 0 Å². The molecule has 2 unspecified atom stereocenters. The molecule has 0 spiro atoms. The first-order valence-corrected chi connectivity index (χ1v) is 8.17. The Morgan fingerprint density at radius 2 is 2.14 bits per heavy atom. The second-order valence-electron chi connectivity index (χ2n) is 6.95. The molecule has 21 heavy (non-hydrogen) atoms. The summed E-state index contributed by atoms with van der Waals surface area (Å²) in [6.07, 6.45) is 4.09. The average Bonchev–Trinajstić information content (AvgIpc) is 2.56. The number of benzene rings is 1. The SMILES string of the molecule is CC1(C)Cc2ccc(Cl)cc2C1NC1CCCCNC1=O. The summed E-state index contributed by atoms with van der Waals surface area (Å²) in [6, 6.07) is 6.21. The van der Waals surface area contributed by atoms with E-state index in [9.17, 15) is 4.79 Å². The molecule has 114 valence electrons. The molecule has 2 N–H and O–H groups in total. The first-order chi connectivity index (χ1) is 9.97. The second-order valence-corrected chi connectivity index (χ2v) is 7.38. The molecule has 1 aromatic rings. The van der Waals surface area contributed by atoms with E-state index in [4.69, 9.17) is 11.6 Å². The normalized spacial score (nSPS) is 27.9. The van der Waals surface area contributed by atoms with Gasteiger partial charge in [-0.15, -0.1) is 0 Å². The number of halogens is 1. The lowest BCUT2D eigenvalue weighted by Gasteiger charge is -2.31. The summed E-state index contributed by atoms with van der Waals surface area (Å²) >= 11 is 6.17. The molecular weight excluding hydrogens is 284 g/mol. The van der Waals surface area contributed by atoms with Crippen LogP contribution < -0.4 is 10.6 Å². The van der Waals surface area contributed by atoms with Gasteiger partial charge in [0.15, 0.2) is 0 Å². The van der Waals surface area contributed by atoms with E-state index >= 15 is 0 Å². The van der Waals surface area contributed by atoms with Gasteiger partial charge in [-0.1, -0.05) is 31.5 Å². The summed E-state index contributed by atoms with van der Waals surface area (Å²) in [5.41, 5.74) is 2.69. The predicted molar refractivity (Wildman–Crippen MR) is 85.5 cm³/mol. The molecule has 3 nitrogen and oxygen atoms in total.